The molecule has 1 heterocycles. The van der Waals surface area contributed by atoms with Crippen molar-refractivity contribution < 1.29 is 28.7 Å². The van der Waals surface area contributed by atoms with Gasteiger partial charge in [-0.1, -0.05) is 24.3 Å². The fraction of sp³-hybridized carbons (Fsp3) is 0.143. The Bertz CT molecular complexity index is 1000. The van der Waals surface area contributed by atoms with Gasteiger partial charge in [-0.2, -0.15) is 0 Å². The van der Waals surface area contributed by atoms with Gasteiger partial charge in [0.1, 0.15) is 5.57 Å². The van der Waals surface area contributed by atoms with E-state index in [4.69, 9.17) is 9.47 Å². The monoisotopic (exact) mass is 394 g/mol. The Morgan fingerprint density at radius 3 is 2.10 bits per heavy atom. The van der Waals surface area contributed by atoms with E-state index in [1.165, 1.54) is 39.4 Å². The molecular weight excluding hydrogens is 376 g/mol. The second kappa shape index (κ2) is 7.97. The summed E-state index contributed by atoms with van der Waals surface area (Å²) in [7, 11) is 4.01. The molecule has 0 N–H and O–H groups in total. The van der Waals surface area contributed by atoms with E-state index in [1.54, 1.807) is 36.4 Å². The highest BCUT2D eigenvalue weighted by Crippen LogP contribution is 2.30. The van der Waals surface area contributed by atoms with Gasteiger partial charge in [0.15, 0.2) is 11.5 Å². The predicted octanol–water partition coefficient (Wildman–Crippen LogP) is 2.35. The zero-order valence-corrected chi connectivity index (χ0v) is 16.0. The number of benzene rings is 2. The summed E-state index contributed by atoms with van der Waals surface area (Å²) < 4.78 is 10.7. The standard InChI is InChI=1S/C21H18N2O6/c1-22-18(24)15(19(25)23(2)21(22)27)11-13-9-10-16(17(12-13)28-3)29-20(26)14-7-5-4-6-8-14/h4-12H,1-3H3. The summed E-state index contributed by atoms with van der Waals surface area (Å²) in [5.41, 5.74) is 0.690. The van der Waals surface area contributed by atoms with Crippen LogP contribution in [0, 0.1) is 0 Å². The summed E-state index contributed by atoms with van der Waals surface area (Å²) in [5, 5.41) is 0. The van der Waals surface area contributed by atoms with Crippen LogP contribution in [-0.2, 0) is 9.59 Å². The molecule has 0 atom stereocenters. The molecule has 0 unspecified atom stereocenters. The van der Waals surface area contributed by atoms with Crippen LogP contribution in [0.5, 0.6) is 11.5 Å². The largest absolute Gasteiger partial charge is 0.493 e. The highest BCUT2D eigenvalue weighted by Gasteiger charge is 2.37. The van der Waals surface area contributed by atoms with Gasteiger partial charge >= 0.3 is 12.0 Å². The summed E-state index contributed by atoms with van der Waals surface area (Å²) in [4.78, 5) is 50.4. The zero-order valence-electron chi connectivity index (χ0n) is 16.0. The van der Waals surface area contributed by atoms with E-state index in [2.05, 4.69) is 0 Å². The molecule has 1 fully saturated rings. The Morgan fingerprint density at radius 1 is 0.897 bits per heavy atom. The molecule has 0 bridgehead atoms. The highest BCUT2D eigenvalue weighted by molar-refractivity contribution is 6.30. The molecule has 2 aromatic carbocycles. The summed E-state index contributed by atoms with van der Waals surface area (Å²) >= 11 is 0. The van der Waals surface area contributed by atoms with Gasteiger partial charge in [0.2, 0.25) is 0 Å². The lowest BCUT2D eigenvalue weighted by Crippen LogP contribution is -2.52. The molecule has 1 aliphatic heterocycles. The van der Waals surface area contributed by atoms with Gasteiger partial charge in [-0.25, -0.2) is 9.59 Å². The molecule has 1 aliphatic rings. The Balaban J connectivity index is 1.90. The van der Waals surface area contributed by atoms with E-state index in [-0.39, 0.29) is 17.1 Å². The molecule has 4 amide bonds. The molecule has 0 aliphatic carbocycles. The third-order valence-electron chi connectivity index (χ3n) is 4.35. The van der Waals surface area contributed by atoms with E-state index in [0.29, 0.717) is 11.1 Å². The SMILES string of the molecule is COc1cc(C=C2C(=O)N(C)C(=O)N(C)C2=O)ccc1OC(=O)c1ccccc1. The lowest BCUT2D eigenvalue weighted by atomic mass is 10.1. The number of likely N-dealkylation sites (N-methyl/N-ethyl adjacent to an activating group) is 2. The van der Waals surface area contributed by atoms with Crippen LogP contribution >= 0.6 is 0 Å². The van der Waals surface area contributed by atoms with Gasteiger partial charge < -0.3 is 9.47 Å². The van der Waals surface area contributed by atoms with Crippen molar-refractivity contribution in [1.82, 2.24) is 9.80 Å². The summed E-state index contributed by atoms with van der Waals surface area (Å²) in [5.74, 6) is -1.51. The molecule has 0 saturated carbocycles. The lowest BCUT2D eigenvalue weighted by molar-refractivity contribution is -0.134. The number of methoxy groups -OCH3 is 1. The second-order valence-electron chi connectivity index (χ2n) is 6.23. The summed E-state index contributed by atoms with van der Waals surface area (Å²) in [6, 6.07) is 12.4. The van der Waals surface area contributed by atoms with Crippen molar-refractivity contribution in [3.05, 3.63) is 65.2 Å². The summed E-state index contributed by atoms with van der Waals surface area (Å²) in [6.07, 6.45) is 1.36. The quantitative estimate of drug-likeness (QED) is 0.342. The van der Waals surface area contributed by atoms with Gasteiger partial charge in [-0.3, -0.25) is 19.4 Å². The molecule has 0 aromatic heterocycles. The van der Waals surface area contributed by atoms with Crippen LogP contribution in [-0.4, -0.2) is 54.8 Å². The van der Waals surface area contributed by atoms with E-state index < -0.39 is 23.8 Å². The maximum Gasteiger partial charge on any atom is 0.343 e. The molecule has 1 saturated heterocycles. The Morgan fingerprint density at radius 2 is 1.52 bits per heavy atom. The van der Waals surface area contributed by atoms with Crippen LogP contribution < -0.4 is 9.47 Å². The molecule has 8 heteroatoms. The minimum atomic E-state index is -0.698. The number of hydrogen-bond acceptors (Lipinski definition) is 6. The number of amides is 4. The normalized spacial score (nSPS) is 14.2. The van der Waals surface area contributed by atoms with Gasteiger partial charge in [0.25, 0.3) is 11.8 Å². The number of imide groups is 2. The van der Waals surface area contributed by atoms with Crippen LogP contribution in [0.15, 0.2) is 54.1 Å². The smallest absolute Gasteiger partial charge is 0.343 e. The first-order valence-electron chi connectivity index (χ1n) is 8.60. The predicted molar refractivity (Wildman–Crippen MR) is 103 cm³/mol. The topological polar surface area (TPSA) is 93.2 Å². The molecular formula is C21H18N2O6. The van der Waals surface area contributed by atoms with Crippen molar-refractivity contribution in [2.24, 2.45) is 0 Å². The third-order valence-corrected chi connectivity index (χ3v) is 4.35. The van der Waals surface area contributed by atoms with Gasteiger partial charge in [0.05, 0.1) is 12.7 Å². The van der Waals surface area contributed by atoms with Crippen LogP contribution in [0.4, 0.5) is 4.79 Å². The lowest BCUT2D eigenvalue weighted by Gasteiger charge is -2.28. The number of esters is 1. The van der Waals surface area contributed by atoms with Crippen molar-refractivity contribution >= 4 is 29.9 Å². The second-order valence-corrected chi connectivity index (χ2v) is 6.23. The fourth-order valence-electron chi connectivity index (χ4n) is 2.73. The van der Waals surface area contributed by atoms with Crippen molar-refractivity contribution in [2.75, 3.05) is 21.2 Å². The maximum atomic E-state index is 12.3. The highest BCUT2D eigenvalue weighted by atomic mass is 16.6. The number of hydrogen-bond donors (Lipinski definition) is 0. The van der Waals surface area contributed by atoms with Gasteiger partial charge in [-0.05, 0) is 35.9 Å². The van der Waals surface area contributed by atoms with E-state index in [9.17, 15) is 19.2 Å². The minimum Gasteiger partial charge on any atom is -0.493 e. The van der Waals surface area contributed by atoms with Gasteiger partial charge in [0, 0.05) is 14.1 Å². The molecule has 8 nitrogen and oxygen atoms in total. The zero-order chi connectivity index (χ0) is 21.1. The van der Waals surface area contributed by atoms with Crippen LogP contribution in [0.2, 0.25) is 0 Å². The number of urea groups is 1. The summed E-state index contributed by atoms with van der Waals surface area (Å²) in [6.45, 7) is 0. The average molecular weight is 394 g/mol. The van der Waals surface area contributed by atoms with Crippen molar-refractivity contribution in [1.29, 1.82) is 0 Å². The van der Waals surface area contributed by atoms with Crippen molar-refractivity contribution in [3.8, 4) is 11.5 Å². The Labute approximate surface area is 166 Å². The van der Waals surface area contributed by atoms with Crippen LogP contribution in [0.1, 0.15) is 15.9 Å². The Hall–Kier alpha value is -3.94. The molecule has 0 spiro atoms. The van der Waals surface area contributed by atoms with Crippen molar-refractivity contribution in [2.45, 2.75) is 0 Å². The van der Waals surface area contributed by atoms with E-state index >= 15 is 0 Å². The van der Waals surface area contributed by atoms with Gasteiger partial charge in [-0.15, -0.1) is 0 Å². The average Bonchev–Trinajstić information content (AvgIpc) is 2.75. The number of carbonyl (C=O) groups is 4. The van der Waals surface area contributed by atoms with Crippen molar-refractivity contribution in [3.63, 3.8) is 0 Å². The molecule has 2 aromatic rings. The molecule has 3 rings (SSSR count). The van der Waals surface area contributed by atoms with E-state index in [1.807, 2.05) is 0 Å². The number of carbonyl (C=O) groups excluding carboxylic acids is 4. The first-order chi connectivity index (χ1) is 13.8. The molecule has 29 heavy (non-hydrogen) atoms. The maximum absolute atomic E-state index is 12.3. The molecule has 0 radical (unpaired) electrons. The number of nitrogens with zero attached hydrogens (tertiary/aromatic N) is 2. The first kappa shape index (κ1) is 19.8. The number of rotatable bonds is 4. The minimum absolute atomic E-state index is 0.161. The Kier molecular flexibility index (Phi) is 5.45. The van der Waals surface area contributed by atoms with E-state index in [0.717, 1.165) is 9.80 Å². The first-order valence-corrected chi connectivity index (χ1v) is 8.60. The number of ether oxygens (including phenoxy) is 2. The molecule has 148 valence electrons. The van der Waals surface area contributed by atoms with Crippen LogP contribution in [0.25, 0.3) is 6.08 Å². The fourth-order valence-corrected chi connectivity index (χ4v) is 2.73. The van der Waals surface area contributed by atoms with Crippen LogP contribution in [0.3, 0.4) is 0 Å². The number of barbiturate groups is 1. The third kappa shape index (κ3) is 3.86.